The van der Waals surface area contributed by atoms with Crippen molar-refractivity contribution >= 4 is 5.97 Å². The summed E-state index contributed by atoms with van der Waals surface area (Å²) < 4.78 is 0. The molecule has 0 fully saturated rings. The van der Waals surface area contributed by atoms with Gasteiger partial charge < -0.3 is 5.11 Å². The van der Waals surface area contributed by atoms with Crippen molar-refractivity contribution in [2.24, 2.45) is 5.41 Å². The normalized spacial score (nSPS) is 13.6. The third-order valence-electron chi connectivity index (χ3n) is 2.86. The van der Waals surface area contributed by atoms with E-state index in [9.17, 15) is 9.90 Å². The third kappa shape index (κ3) is 2.63. The first-order chi connectivity index (χ1) is 7.23. The number of aryl methyl sites for hydroxylation is 2. The van der Waals surface area contributed by atoms with Crippen LogP contribution in [0.5, 0.6) is 0 Å². The fourth-order valence-corrected chi connectivity index (χ4v) is 2.04. The molecule has 2 nitrogen and oxygen atoms in total. The summed E-state index contributed by atoms with van der Waals surface area (Å²) in [6.07, 6.45) is 0. The van der Waals surface area contributed by atoms with Crippen LogP contribution in [-0.2, 0) is 4.79 Å². The van der Waals surface area contributed by atoms with E-state index in [0.717, 1.165) is 16.7 Å². The van der Waals surface area contributed by atoms with E-state index in [1.807, 2.05) is 52.8 Å². The van der Waals surface area contributed by atoms with E-state index in [0.29, 0.717) is 0 Å². The maximum absolute atomic E-state index is 11.4. The van der Waals surface area contributed by atoms with Gasteiger partial charge in [-0.1, -0.05) is 44.5 Å². The molecule has 1 atom stereocenters. The summed E-state index contributed by atoms with van der Waals surface area (Å²) in [6, 6.07) is 5.99. The van der Waals surface area contributed by atoms with E-state index in [-0.39, 0.29) is 5.41 Å². The Morgan fingerprint density at radius 3 is 2.25 bits per heavy atom. The van der Waals surface area contributed by atoms with Gasteiger partial charge in [-0.3, -0.25) is 4.79 Å². The van der Waals surface area contributed by atoms with Gasteiger partial charge in [0.25, 0.3) is 0 Å². The summed E-state index contributed by atoms with van der Waals surface area (Å²) >= 11 is 0. The standard InChI is InChI=1S/C14H20O2/c1-9-6-7-10(2)11(8-9)12(13(15)16)14(3,4)5/h6-8,12H,1-5H3,(H,15,16)/t12-/m1/s1. The van der Waals surface area contributed by atoms with Crippen molar-refractivity contribution in [3.63, 3.8) is 0 Å². The van der Waals surface area contributed by atoms with Gasteiger partial charge in [-0.25, -0.2) is 0 Å². The summed E-state index contributed by atoms with van der Waals surface area (Å²) in [5.41, 5.74) is 2.81. The van der Waals surface area contributed by atoms with Crippen LogP contribution in [0.25, 0.3) is 0 Å². The number of rotatable bonds is 2. The van der Waals surface area contributed by atoms with Crippen LogP contribution < -0.4 is 0 Å². The molecule has 88 valence electrons. The largest absolute Gasteiger partial charge is 0.481 e. The van der Waals surface area contributed by atoms with E-state index in [4.69, 9.17) is 0 Å². The average Bonchev–Trinajstić information content (AvgIpc) is 2.08. The molecule has 0 aliphatic heterocycles. The molecule has 0 saturated carbocycles. The number of carboxylic acid groups (broad SMARTS) is 1. The zero-order chi connectivity index (χ0) is 12.5. The number of aliphatic carboxylic acids is 1. The molecule has 0 heterocycles. The highest BCUT2D eigenvalue weighted by atomic mass is 16.4. The van der Waals surface area contributed by atoms with E-state index in [2.05, 4.69) is 0 Å². The van der Waals surface area contributed by atoms with E-state index in [1.54, 1.807) is 0 Å². The third-order valence-corrected chi connectivity index (χ3v) is 2.86. The molecule has 0 saturated heterocycles. The summed E-state index contributed by atoms with van der Waals surface area (Å²) in [4.78, 5) is 11.4. The van der Waals surface area contributed by atoms with Gasteiger partial charge in [-0.2, -0.15) is 0 Å². The molecule has 0 bridgehead atoms. The minimum atomic E-state index is -0.749. The molecule has 0 unspecified atom stereocenters. The number of hydrogen-bond acceptors (Lipinski definition) is 1. The molecule has 0 aromatic heterocycles. The fraction of sp³-hybridized carbons (Fsp3) is 0.500. The van der Waals surface area contributed by atoms with Crippen molar-refractivity contribution in [2.75, 3.05) is 0 Å². The van der Waals surface area contributed by atoms with Crippen molar-refractivity contribution in [3.05, 3.63) is 34.9 Å². The first-order valence-corrected chi connectivity index (χ1v) is 5.53. The van der Waals surface area contributed by atoms with Crippen molar-refractivity contribution < 1.29 is 9.90 Å². The molecule has 0 aliphatic carbocycles. The lowest BCUT2D eigenvalue weighted by Crippen LogP contribution is -2.27. The molecular formula is C14H20O2. The van der Waals surface area contributed by atoms with E-state index < -0.39 is 11.9 Å². The summed E-state index contributed by atoms with van der Waals surface area (Å²) in [6.45, 7) is 9.86. The molecule has 0 aliphatic rings. The SMILES string of the molecule is Cc1ccc(C)c([C@H](C(=O)O)C(C)(C)C)c1. The summed E-state index contributed by atoms with van der Waals surface area (Å²) in [7, 11) is 0. The molecule has 0 spiro atoms. The maximum Gasteiger partial charge on any atom is 0.311 e. The number of hydrogen-bond donors (Lipinski definition) is 1. The Morgan fingerprint density at radius 2 is 1.81 bits per heavy atom. The Bertz CT molecular complexity index is 400. The zero-order valence-corrected chi connectivity index (χ0v) is 10.7. The highest BCUT2D eigenvalue weighted by Gasteiger charge is 2.33. The molecule has 0 radical (unpaired) electrons. The Hall–Kier alpha value is -1.31. The molecule has 1 aromatic rings. The molecule has 0 amide bonds. The molecule has 1 N–H and O–H groups in total. The van der Waals surface area contributed by atoms with Crippen LogP contribution in [-0.4, -0.2) is 11.1 Å². The highest BCUT2D eigenvalue weighted by molar-refractivity contribution is 5.77. The Morgan fingerprint density at radius 1 is 1.25 bits per heavy atom. The topological polar surface area (TPSA) is 37.3 Å². The fourth-order valence-electron chi connectivity index (χ4n) is 2.04. The lowest BCUT2D eigenvalue weighted by molar-refractivity contribution is -0.141. The predicted octanol–water partition coefficient (Wildman–Crippen LogP) is 3.52. The van der Waals surface area contributed by atoms with Crippen LogP contribution in [0.2, 0.25) is 0 Å². The van der Waals surface area contributed by atoms with Gasteiger partial charge in [0.1, 0.15) is 0 Å². The van der Waals surface area contributed by atoms with Crippen LogP contribution in [0.4, 0.5) is 0 Å². The van der Waals surface area contributed by atoms with E-state index >= 15 is 0 Å². The smallest absolute Gasteiger partial charge is 0.311 e. The molecule has 1 rings (SSSR count). The Kier molecular flexibility index (Phi) is 3.41. The average molecular weight is 220 g/mol. The predicted molar refractivity (Wildman–Crippen MR) is 65.7 cm³/mol. The highest BCUT2D eigenvalue weighted by Crippen LogP contribution is 2.37. The van der Waals surface area contributed by atoms with Crippen molar-refractivity contribution in [1.29, 1.82) is 0 Å². The summed E-state index contributed by atoms with van der Waals surface area (Å²) in [5, 5.41) is 9.38. The molecular weight excluding hydrogens is 200 g/mol. The van der Waals surface area contributed by atoms with Gasteiger partial charge in [0.15, 0.2) is 0 Å². The lowest BCUT2D eigenvalue weighted by atomic mass is 9.75. The first-order valence-electron chi connectivity index (χ1n) is 5.53. The minimum absolute atomic E-state index is 0.273. The maximum atomic E-state index is 11.4. The van der Waals surface area contributed by atoms with Gasteiger partial charge in [0.05, 0.1) is 5.92 Å². The molecule has 2 heteroatoms. The first kappa shape index (κ1) is 12.8. The van der Waals surface area contributed by atoms with Crippen LogP contribution in [0, 0.1) is 19.3 Å². The number of benzene rings is 1. The molecule has 16 heavy (non-hydrogen) atoms. The lowest BCUT2D eigenvalue weighted by Gasteiger charge is -2.28. The van der Waals surface area contributed by atoms with Crippen LogP contribution in [0.3, 0.4) is 0 Å². The minimum Gasteiger partial charge on any atom is -0.481 e. The van der Waals surface area contributed by atoms with Crippen molar-refractivity contribution in [2.45, 2.75) is 40.5 Å². The second-order valence-electron chi connectivity index (χ2n) is 5.50. The van der Waals surface area contributed by atoms with Crippen molar-refractivity contribution in [1.82, 2.24) is 0 Å². The number of carbonyl (C=O) groups is 1. The van der Waals surface area contributed by atoms with Crippen LogP contribution >= 0.6 is 0 Å². The zero-order valence-electron chi connectivity index (χ0n) is 10.7. The monoisotopic (exact) mass is 220 g/mol. The van der Waals surface area contributed by atoms with E-state index in [1.165, 1.54) is 0 Å². The van der Waals surface area contributed by atoms with Gasteiger partial charge in [0, 0.05) is 0 Å². The van der Waals surface area contributed by atoms with Gasteiger partial charge >= 0.3 is 5.97 Å². The van der Waals surface area contributed by atoms with Gasteiger partial charge in [-0.05, 0) is 30.4 Å². The van der Waals surface area contributed by atoms with Gasteiger partial charge in [0.2, 0.25) is 0 Å². The Labute approximate surface area is 97.3 Å². The van der Waals surface area contributed by atoms with Crippen LogP contribution in [0.1, 0.15) is 43.4 Å². The van der Waals surface area contributed by atoms with Gasteiger partial charge in [-0.15, -0.1) is 0 Å². The Balaban J connectivity index is 3.32. The van der Waals surface area contributed by atoms with Crippen LogP contribution in [0.15, 0.2) is 18.2 Å². The van der Waals surface area contributed by atoms with Crippen molar-refractivity contribution in [3.8, 4) is 0 Å². The molecule has 1 aromatic carbocycles. The second kappa shape index (κ2) is 4.28. The second-order valence-corrected chi connectivity index (χ2v) is 5.50. The summed E-state index contributed by atoms with van der Waals surface area (Å²) in [5.74, 6) is -1.20. The number of carboxylic acids is 1. The quantitative estimate of drug-likeness (QED) is 0.828.